The summed E-state index contributed by atoms with van der Waals surface area (Å²) in [5.74, 6) is -0.766. The van der Waals surface area contributed by atoms with Gasteiger partial charge in [-0.15, -0.1) is 0 Å². The fraction of sp³-hybridized carbons (Fsp3) is 0.500. The molecule has 2 aliphatic rings. The lowest BCUT2D eigenvalue weighted by Gasteiger charge is -2.37. The lowest BCUT2D eigenvalue weighted by Crippen LogP contribution is -2.48. The van der Waals surface area contributed by atoms with Crippen LogP contribution in [-0.2, 0) is 0 Å². The predicted octanol–water partition coefficient (Wildman–Crippen LogP) is 1.56. The van der Waals surface area contributed by atoms with Crippen LogP contribution in [0.5, 0.6) is 0 Å². The van der Waals surface area contributed by atoms with Gasteiger partial charge in [-0.1, -0.05) is 0 Å². The summed E-state index contributed by atoms with van der Waals surface area (Å²) < 4.78 is 13.9. The summed E-state index contributed by atoms with van der Waals surface area (Å²) in [5.41, 5.74) is -0.477. The standard InChI is InChI=1S/C14H16FN3O3/c15-12-4-3-10(18(20)21)6-11(12)14(19)17-5-1-2-9-7-16-8-13(9)17/h3-4,6,9,13,16H,1-2,5,7-8H2. The first-order chi connectivity index (χ1) is 10.1. The molecule has 0 aliphatic carbocycles. The Morgan fingerprint density at radius 1 is 1.43 bits per heavy atom. The van der Waals surface area contributed by atoms with Crippen molar-refractivity contribution in [3.63, 3.8) is 0 Å². The van der Waals surface area contributed by atoms with Crippen LogP contribution in [0.2, 0.25) is 0 Å². The van der Waals surface area contributed by atoms with Crippen molar-refractivity contribution in [2.75, 3.05) is 19.6 Å². The van der Waals surface area contributed by atoms with Crippen LogP contribution in [0.4, 0.5) is 10.1 Å². The molecule has 2 heterocycles. The summed E-state index contributed by atoms with van der Waals surface area (Å²) in [5, 5.41) is 14.0. The molecule has 7 heteroatoms. The maximum absolute atomic E-state index is 13.9. The van der Waals surface area contributed by atoms with Gasteiger partial charge in [0.1, 0.15) is 5.82 Å². The number of halogens is 1. The van der Waals surface area contributed by atoms with E-state index >= 15 is 0 Å². The Kier molecular flexibility index (Phi) is 3.59. The van der Waals surface area contributed by atoms with Crippen molar-refractivity contribution in [1.82, 2.24) is 10.2 Å². The van der Waals surface area contributed by atoms with E-state index in [1.54, 1.807) is 4.90 Å². The van der Waals surface area contributed by atoms with Gasteiger partial charge in [0.05, 0.1) is 10.5 Å². The third-order valence-corrected chi connectivity index (χ3v) is 4.33. The van der Waals surface area contributed by atoms with Crippen LogP contribution >= 0.6 is 0 Å². The second kappa shape index (κ2) is 5.40. The van der Waals surface area contributed by atoms with E-state index in [4.69, 9.17) is 0 Å². The summed E-state index contributed by atoms with van der Waals surface area (Å²) in [6.07, 6.45) is 1.93. The molecule has 3 rings (SSSR count). The molecule has 0 saturated carbocycles. The highest BCUT2D eigenvalue weighted by Crippen LogP contribution is 2.29. The molecular weight excluding hydrogens is 277 g/mol. The number of non-ortho nitro benzene ring substituents is 1. The molecule has 0 radical (unpaired) electrons. The van der Waals surface area contributed by atoms with Crippen molar-refractivity contribution in [2.45, 2.75) is 18.9 Å². The van der Waals surface area contributed by atoms with E-state index in [0.29, 0.717) is 19.0 Å². The smallest absolute Gasteiger partial charge is 0.270 e. The first-order valence-corrected chi connectivity index (χ1v) is 7.03. The van der Waals surface area contributed by atoms with Crippen LogP contribution in [0.3, 0.4) is 0 Å². The van der Waals surface area contributed by atoms with Gasteiger partial charge in [-0.3, -0.25) is 14.9 Å². The minimum absolute atomic E-state index is 0.0601. The maximum atomic E-state index is 13.9. The molecule has 21 heavy (non-hydrogen) atoms. The molecule has 1 amide bonds. The minimum atomic E-state index is -0.710. The molecule has 0 bridgehead atoms. The van der Waals surface area contributed by atoms with Gasteiger partial charge in [0.2, 0.25) is 0 Å². The molecule has 6 nitrogen and oxygen atoms in total. The van der Waals surface area contributed by atoms with Gasteiger partial charge in [0.25, 0.3) is 11.6 Å². The van der Waals surface area contributed by atoms with Gasteiger partial charge < -0.3 is 10.2 Å². The van der Waals surface area contributed by atoms with Crippen LogP contribution in [-0.4, -0.2) is 41.4 Å². The van der Waals surface area contributed by atoms with Crippen molar-refractivity contribution >= 4 is 11.6 Å². The number of carbonyl (C=O) groups is 1. The Bertz CT molecular complexity index is 593. The zero-order chi connectivity index (χ0) is 15.0. The number of nitro groups is 1. The normalized spacial score (nSPS) is 24.7. The number of nitrogens with one attached hydrogen (secondary N) is 1. The molecular formula is C14H16FN3O3. The van der Waals surface area contributed by atoms with E-state index in [0.717, 1.165) is 37.6 Å². The van der Waals surface area contributed by atoms with Crippen LogP contribution < -0.4 is 5.32 Å². The molecule has 2 aliphatic heterocycles. The summed E-state index contributed by atoms with van der Waals surface area (Å²) >= 11 is 0. The van der Waals surface area contributed by atoms with E-state index in [1.165, 1.54) is 0 Å². The van der Waals surface area contributed by atoms with Crippen molar-refractivity contribution < 1.29 is 14.1 Å². The fourth-order valence-corrected chi connectivity index (χ4v) is 3.27. The summed E-state index contributed by atoms with van der Waals surface area (Å²) in [6.45, 7) is 2.14. The third kappa shape index (κ3) is 2.49. The van der Waals surface area contributed by atoms with Gasteiger partial charge in [-0.2, -0.15) is 0 Å². The van der Waals surface area contributed by atoms with Crippen LogP contribution in [0, 0.1) is 21.8 Å². The number of hydrogen-bond acceptors (Lipinski definition) is 4. The Morgan fingerprint density at radius 3 is 3.00 bits per heavy atom. The van der Waals surface area contributed by atoms with E-state index in [1.807, 2.05) is 0 Å². The second-order valence-electron chi connectivity index (χ2n) is 5.55. The van der Waals surface area contributed by atoms with Gasteiger partial charge in [-0.25, -0.2) is 4.39 Å². The number of hydrogen-bond donors (Lipinski definition) is 1. The number of benzene rings is 1. The van der Waals surface area contributed by atoms with E-state index in [2.05, 4.69) is 5.32 Å². The molecule has 2 saturated heterocycles. The van der Waals surface area contributed by atoms with E-state index < -0.39 is 16.6 Å². The fourth-order valence-electron chi connectivity index (χ4n) is 3.27. The number of carbonyl (C=O) groups excluding carboxylic acids is 1. The first kappa shape index (κ1) is 13.9. The van der Waals surface area contributed by atoms with Crippen LogP contribution in [0.15, 0.2) is 18.2 Å². The SMILES string of the molecule is O=C(c1cc([N+](=O)[O-])ccc1F)N1CCCC2CNCC21. The Balaban J connectivity index is 1.90. The van der Waals surface area contributed by atoms with Crippen molar-refractivity contribution in [3.05, 3.63) is 39.7 Å². The Morgan fingerprint density at radius 2 is 2.24 bits per heavy atom. The quantitative estimate of drug-likeness (QED) is 0.663. The molecule has 2 unspecified atom stereocenters. The number of rotatable bonds is 2. The summed E-state index contributed by atoms with van der Waals surface area (Å²) in [4.78, 5) is 24.4. The third-order valence-electron chi connectivity index (χ3n) is 4.33. The van der Waals surface area contributed by atoms with Gasteiger partial charge >= 0.3 is 0 Å². The summed E-state index contributed by atoms with van der Waals surface area (Å²) in [6, 6.07) is 3.15. The zero-order valence-corrected chi connectivity index (χ0v) is 11.4. The average Bonchev–Trinajstić information content (AvgIpc) is 2.95. The van der Waals surface area contributed by atoms with Crippen LogP contribution in [0.25, 0.3) is 0 Å². The molecule has 2 atom stereocenters. The average molecular weight is 293 g/mol. The molecule has 2 fully saturated rings. The highest BCUT2D eigenvalue weighted by atomic mass is 19.1. The molecule has 0 aromatic heterocycles. The van der Waals surface area contributed by atoms with Crippen molar-refractivity contribution in [1.29, 1.82) is 0 Å². The number of amides is 1. The van der Waals surface area contributed by atoms with Gasteiger partial charge in [-0.05, 0) is 24.8 Å². The molecule has 0 spiro atoms. The monoisotopic (exact) mass is 293 g/mol. The molecule has 1 aromatic rings. The second-order valence-corrected chi connectivity index (χ2v) is 5.55. The molecule has 1 aromatic carbocycles. The van der Waals surface area contributed by atoms with Crippen molar-refractivity contribution in [2.24, 2.45) is 5.92 Å². The Hall–Kier alpha value is -2.02. The lowest BCUT2D eigenvalue weighted by atomic mass is 9.91. The van der Waals surface area contributed by atoms with E-state index in [9.17, 15) is 19.3 Å². The molecule has 1 N–H and O–H groups in total. The van der Waals surface area contributed by atoms with Crippen LogP contribution in [0.1, 0.15) is 23.2 Å². The predicted molar refractivity (Wildman–Crippen MR) is 73.5 cm³/mol. The molecule has 112 valence electrons. The number of likely N-dealkylation sites (tertiary alicyclic amines) is 1. The lowest BCUT2D eigenvalue weighted by molar-refractivity contribution is -0.384. The number of nitro benzene ring substituents is 1. The van der Waals surface area contributed by atoms with E-state index in [-0.39, 0.29) is 17.3 Å². The Labute approximate surface area is 121 Å². The number of nitrogens with zero attached hydrogens (tertiary/aromatic N) is 2. The zero-order valence-electron chi connectivity index (χ0n) is 11.4. The maximum Gasteiger partial charge on any atom is 0.270 e. The van der Waals surface area contributed by atoms with Gasteiger partial charge in [0, 0.05) is 37.8 Å². The number of fused-ring (bicyclic) bond motifs is 1. The van der Waals surface area contributed by atoms with Gasteiger partial charge in [0.15, 0.2) is 0 Å². The summed E-state index contributed by atoms with van der Waals surface area (Å²) in [7, 11) is 0. The first-order valence-electron chi connectivity index (χ1n) is 7.03. The highest BCUT2D eigenvalue weighted by Gasteiger charge is 2.38. The number of piperidine rings is 1. The highest BCUT2D eigenvalue weighted by molar-refractivity contribution is 5.95. The largest absolute Gasteiger partial charge is 0.334 e. The minimum Gasteiger partial charge on any atom is -0.334 e. The topological polar surface area (TPSA) is 75.5 Å². The van der Waals surface area contributed by atoms with Crippen molar-refractivity contribution in [3.8, 4) is 0 Å².